The smallest absolute Gasteiger partial charge is 0.491 e. The molecule has 0 unspecified atom stereocenters. The highest BCUT2D eigenvalue weighted by molar-refractivity contribution is 5.66. The van der Waals surface area contributed by atoms with Crippen LogP contribution in [-0.4, -0.2) is 37.6 Å². The summed E-state index contributed by atoms with van der Waals surface area (Å²) in [6.45, 7) is 4.51. The predicted molar refractivity (Wildman–Crippen MR) is 84.6 cm³/mol. The molecule has 0 aliphatic rings. The number of carbonyl (C=O) groups excluding carboxylic acids is 2. The Balaban J connectivity index is 2.60. The van der Waals surface area contributed by atoms with Crippen molar-refractivity contribution in [3.05, 3.63) is 12.3 Å². The topological polar surface area (TPSA) is 93.2 Å². The molecule has 0 bridgehead atoms. The van der Waals surface area contributed by atoms with Gasteiger partial charge in [-0.25, -0.2) is 14.6 Å². The third-order valence-electron chi connectivity index (χ3n) is 2.83. The first-order chi connectivity index (χ1) is 11.6. The van der Waals surface area contributed by atoms with Gasteiger partial charge in [0, 0.05) is 6.07 Å². The van der Waals surface area contributed by atoms with Gasteiger partial charge >= 0.3 is 12.3 Å². The number of hydrogen-bond donors (Lipinski definition) is 0. The van der Waals surface area contributed by atoms with E-state index in [1.807, 2.05) is 13.8 Å². The summed E-state index contributed by atoms with van der Waals surface area (Å²) < 4.78 is 24.7. The minimum atomic E-state index is -0.873. The van der Waals surface area contributed by atoms with E-state index in [0.717, 1.165) is 25.7 Å². The number of nitrogens with zero attached hydrogens (tertiary/aromatic N) is 1. The molecule has 0 saturated heterocycles. The Morgan fingerprint density at radius 3 is 2.12 bits per heavy atom. The molecule has 0 fully saturated rings. The maximum Gasteiger partial charge on any atom is 0.515 e. The van der Waals surface area contributed by atoms with Gasteiger partial charge in [0.05, 0.1) is 26.5 Å². The molecule has 0 atom stereocenters. The third kappa shape index (κ3) is 7.17. The lowest BCUT2D eigenvalue weighted by molar-refractivity contribution is 0.0930. The molecule has 0 saturated carbocycles. The second-order valence-corrected chi connectivity index (χ2v) is 4.79. The summed E-state index contributed by atoms with van der Waals surface area (Å²) in [5.74, 6) is 0.159. The van der Waals surface area contributed by atoms with E-state index in [9.17, 15) is 9.59 Å². The van der Waals surface area contributed by atoms with Crippen LogP contribution in [0.25, 0.3) is 0 Å². The van der Waals surface area contributed by atoms with Crippen LogP contribution in [0.3, 0.4) is 0 Å². The van der Waals surface area contributed by atoms with Gasteiger partial charge in [0.25, 0.3) is 5.88 Å². The lowest BCUT2D eigenvalue weighted by Gasteiger charge is -2.10. The summed E-state index contributed by atoms with van der Waals surface area (Å²) in [4.78, 5) is 26.9. The molecule has 1 aromatic heterocycles. The number of carbonyl (C=O) groups is 2. The van der Waals surface area contributed by atoms with Crippen LogP contribution in [-0.2, 0) is 9.47 Å². The van der Waals surface area contributed by atoms with Gasteiger partial charge in [0.15, 0.2) is 11.5 Å². The Morgan fingerprint density at radius 2 is 1.58 bits per heavy atom. The number of methoxy groups -OCH3 is 1. The van der Waals surface area contributed by atoms with Crippen LogP contribution < -0.4 is 14.2 Å². The molecule has 0 aliphatic carbocycles. The van der Waals surface area contributed by atoms with Crippen molar-refractivity contribution in [2.75, 3.05) is 20.3 Å². The fourth-order valence-electron chi connectivity index (χ4n) is 1.53. The fourth-order valence-corrected chi connectivity index (χ4v) is 1.53. The van der Waals surface area contributed by atoms with Crippen LogP contribution in [0, 0.1) is 0 Å². The van der Waals surface area contributed by atoms with Crippen molar-refractivity contribution in [1.82, 2.24) is 4.98 Å². The van der Waals surface area contributed by atoms with Crippen molar-refractivity contribution < 1.29 is 33.3 Å². The standard InChI is InChI=1S/C16H23NO7/c1-4-6-8-21-15(18)23-12-10-13(20-3)14(17-11-12)24-16(19)22-9-7-5-2/h10-11H,4-9H2,1-3H3. The van der Waals surface area contributed by atoms with E-state index in [0.29, 0.717) is 0 Å². The minimum Gasteiger partial charge on any atom is -0.491 e. The number of pyridine rings is 1. The van der Waals surface area contributed by atoms with Gasteiger partial charge in [-0.3, -0.25) is 0 Å². The summed E-state index contributed by atoms with van der Waals surface area (Å²) in [5, 5.41) is 0. The predicted octanol–water partition coefficient (Wildman–Crippen LogP) is 3.72. The molecular formula is C16H23NO7. The number of aromatic nitrogens is 1. The molecule has 0 aromatic carbocycles. The van der Waals surface area contributed by atoms with Crippen LogP contribution in [0.2, 0.25) is 0 Å². The van der Waals surface area contributed by atoms with Gasteiger partial charge in [-0.2, -0.15) is 0 Å². The van der Waals surface area contributed by atoms with Crippen LogP contribution in [0.5, 0.6) is 17.4 Å². The number of unbranched alkanes of at least 4 members (excludes halogenated alkanes) is 2. The fraction of sp³-hybridized carbons (Fsp3) is 0.562. The second-order valence-electron chi connectivity index (χ2n) is 4.79. The highest BCUT2D eigenvalue weighted by atomic mass is 16.7. The molecule has 1 heterocycles. The summed E-state index contributed by atoms with van der Waals surface area (Å²) >= 11 is 0. The molecule has 24 heavy (non-hydrogen) atoms. The summed E-state index contributed by atoms with van der Waals surface area (Å²) in [6.07, 6.45) is 2.81. The zero-order valence-electron chi connectivity index (χ0n) is 14.2. The Kier molecular flexibility index (Phi) is 9.03. The first-order valence-electron chi connectivity index (χ1n) is 7.83. The van der Waals surface area contributed by atoms with Gasteiger partial charge in [0.1, 0.15) is 0 Å². The first kappa shape index (κ1) is 19.5. The monoisotopic (exact) mass is 341 g/mol. The van der Waals surface area contributed by atoms with E-state index >= 15 is 0 Å². The average molecular weight is 341 g/mol. The van der Waals surface area contributed by atoms with Crippen molar-refractivity contribution in [1.29, 1.82) is 0 Å². The lowest BCUT2D eigenvalue weighted by atomic mass is 10.4. The molecule has 134 valence electrons. The third-order valence-corrected chi connectivity index (χ3v) is 2.83. The Hall–Kier alpha value is -2.51. The molecule has 0 N–H and O–H groups in total. The number of ether oxygens (including phenoxy) is 5. The van der Waals surface area contributed by atoms with Crippen molar-refractivity contribution in [3.63, 3.8) is 0 Å². The lowest BCUT2D eigenvalue weighted by Crippen LogP contribution is -2.14. The van der Waals surface area contributed by atoms with Gasteiger partial charge < -0.3 is 23.7 Å². The molecule has 0 amide bonds. The van der Waals surface area contributed by atoms with Crippen LogP contribution in [0.1, 0.15) is 39.5 Å². The second kappa shape index (κ2) is 11.1. The van der Waals surface area contributed by atoms with Gasteiger partial charge in [0.2, 0.25) is 0 Å². The summed E-state index contributed by atoms with van der Waals surface area (Å²) in [7, 11) is 1.37. The first-order valence-corrected chi connectivity index (χ1v) is 7.83. The maximum absolute atomic E-state index is 11.5. The van der Waals surface area contributed by atoms with E-state index in [2.05, 4.69) is 4.98 Å². The van der Waals surface area contributed by atoms with Gasteiger partial charge in [-0.15, -0.1) is 0 Å². The largest absolute Gasteiger partial charge is 0.515 e. The van der Waals surface area contributed by atoms with E-state index < -0.39 is 12.3 Å². The quantitative estimate of drug-likeness (QED) is 0.495. The number of hydrogen-bond acceptors (Lipinski definition) is 8. The zero-order valence-corrected chi connectivity index (χ0v) is 14.2. The van der Waals surface area contributed by atoms with Crippen molar-refractivity contribution >= 4 is 12.3 Å². The summed E-state index contributed by atoms with van der Waals surface area (Å²) in [5.41, 5.74) is 0. The van der Waals surface area contributed by atoms with Gasteiger partial charge in [-0.05, 0) is 12.8 Å². The average Bonchev–Trinajstić information content (AvgIpc) is 2.56. The Labute approximate surface area is 141 Å². The van der Waals surface area contributed by atoms with Crippen LogP contribution in [0.15, 0.2) is 12.3 Å². The highest BCUT2D eigenvalue weighted by Crippen LogP contribution is 2.28. The van der Waals surface area contributed by atoms with E-state index in [4.69, 9.17) is 23.7 Å². The normalized spacial score (nSPS) is 9.96. The van der Waals surface area contributed by atoms with Crippen LogP contribution in [0.4, 0.5) is 9.59 Å². The van der Waals surface area contributed by atoms with Crippen molar-refractivity contribution in [3.8, 4) is 17.4 Å². The minimum absolute atomic E-state index is 0.0781. The summed E-state index contributed by atoms with van der Waals surface area (Å²) in [6, 6.07) is 1.36. The Bertz CT molecular complexity index is 533. The van der Waals surface area contributed by atoms with Crippen LogP contribution >= 0.6 is 0 Å². The molecule has 0 aliphatic heterocycles. The number of rotatable bonds is 9. The maximum atomic E-state index is 11.5. The molecule has 8 nitrogen and oxygen atoms in total. The molecular weight excluding hydrogens is 318 g/mol. The van der Waals surface area contributed by atoms with Gasteiger partial charge in [-0.1, -0.05) is 26.7 Å². The Morgan fingerprint density at radius 1 is 1.00 bits per heavy atom. The zero-order chi connectivity index (χ0) is 17.8. The van der Waals surface area contributed by atoms with Crippen molar-refractivity contribution in [2.24, 2.45) is 0 Å². The molecule has 1 aromatic rings. The van der Waals surface area contributed by atoms with E-state index in [-0.39, 0.29) is 30.6 Å². The van der Waals surface area contributed by atoms with E-state index in [1.54, 1.807) is 0 Å². The molecule has 1 rings (SSSR count). The molecule has 0 radical (unpaired) electrons. The molecule has 8 heteroatoms. The van der Waals surface area contributed by atoms with E-state index in [1.165, 1.54) is 19.4 Å². The highest BCUT2D eigenvalue weighted by Gasteiger charge is 2.15. The SMILES string of the molecule is CCCCOC(=O)Oc1cnc(OC(=O)OCCCC)c(OC)c1. The molecule has 0 spiro atoms. The van der Waals surface area contributed by atoms with Crippen molar-refractivity contribution in [2.45, 2.75) is 39.5 Å².